The van der Waals surface area contributed by atoms with Gasteiger partial charge in [0, 0.05) is 17.8 Å². The van der Waals surface area contributed by atoms with Gasteiger partial charge in [-0.05, 0) is 19.9 Å². The molecule has 4 aromatic rings. The van der Waals surface area contributed by atoms with Crippen molar-refractivity contribution in [1.29, 1.82) is 0 Å². The first-order chi connectivity index (χ1) is 11.6. The second kappa shape index (κ2) is 5.23. The van der Waals surface area contributed by atoms with Crippen molar-refractivity contribution >= 4 is 22.1 Å². The lowest BCUT2D eigenvalue weighted by Crippen LogP contribution is -2.01. The van der Waals surface area contributed by atoms with Gasteiger partial charge in [-0.15, -0.1) is 0 Å². The van der Waals surface area contributed by atoms with Crippen molar-refractivity contribution in [3.05, 3.63) is 36.0 Å². The first-order valence-corrected chi connectivity index (χ1v) is 7.54. The molecule has 0 unspecified atom stereocenters. The molecule has 0 radical (unpaired) electrons. The number of nitrogens with one attached hydrogen (secondary N) is 1. The third-order valence-corrected chi connectivity index (χ3v) is 3.99. The Morgan fingerprint density at radius 1 is 1.00 bits per heavy atom. The molecule has 0 saturated carbocycles. The van der Waals surface area contributed by atoms with E-state index in [9.17, 15) is 0 Å². The summed E-state index contributed by atoms with van der Waals surface area (Å²) in [6, 6.07) is 5.80. The largest absolute Gasteiger partial charge is 0.493 e. The number of hydrogen-bond acceptors (Lipinski definition) is 5. The molecular weight excluding hydrogens is 306 g/mol. The molecule has 0 fully saturated rings. The van der Waals surface area contributed by atoms with Gasteiger partial charge in [-0.2, -0.15) is 0 Å². The Morgan fingerprint density at radius 3 is 2.50 bits per heavy atom. The predicted molar refractivity (Wildman–Crippen MR) is 91.1 cm³/mol. The minimum Gasteiger partial charge on any atom is -0.493 e. The van der Waals surface area contributed by atoms with E-state index in [-0.39, 0.29) is 0 Å². The summed E-state index contributed by atoms with van der Waals surface area (Å²) in [6.45, 7) is 3.88. The standard InChI is InChI=1S/C17H17N5O2/c1-9-5-11-16(19-9)20-10(2)21-17(11)22-8-18-12-6-14(23-3)15(24-4)7-13(12)22/h5-8H,1-4H3,(H,19,20,21). The number of rotatable bonds is 3. The normalized spacial score (nSPS) is 11.3. The molecule has 0 amide bonds. The van der Waals surface area contributed by atoms with Crippen molar-refractivity contribution < 1.29 is 9.47 Å². The fraction of sp³-hybridized carbons (Fsp3) is 0.235. The molecule has 0 saturated heterocycles. The Labute approximate surface area is 138 Å². The van der Waals surface area contributed by atoms with Crippen LogP contribution in [0.5, 0.6) is 11.5 Å². The highest BCUT2D eigenvalue weighted by molar-refractivity contribution is 5.88. The summed E-state index contributed by atoms with van der Waals surface area (Å²) in [6.07, 6.45) is 1.76. The highest BCUT2D eigenvalue weighted by Gasteiger charge is 2.15. The fourth-order valence-corrected chi connectivity index (χ4v) is 2.92. The zero-order chi connectivity index (χ0) is 16.8. The summed E-state index contributed by atoms with van der Waals surface area (Å²) in [4.78, 5) is 16.8. The third kappa shape index (κ3) is 2.09. The van der Waals surface area contributed by atoms with Gasteiger partial charge in [0.15, 0.2) is 17.3 Å². The van der Waals surface area contributed by atoms with Gasteiger partial charge in [0.25, 0.3) is 0 Å². The van der Waals surface area contributed by atoms with E-state index in [1.807, 2.05) is 36.6 Å². The van der Waals surface area contributed by atoms with Crippen LogP contribution >= 0.6 is 0 Å². The van der Waals surface area contributed by atoms with Crippen LogP contribution in [0.1, 0.15) is 11.5 Å². The van der Waals surface area contributed by atoms with Crippen molar-refractivity contribution in [3.63, 3.8) is 0 Å². The molecular formula is C17H17N5O2. The average molecular weight is 323 g/mol. The number of aromatic nitrogens is 5. The summed E-state index contributed by atoms with van der Waals surface area (Å²) in [5.74, 6) is 2.79. The van der Waals surface area contributed by atoms with E-state index in [0.717, 1.165) is 33.6 Å². The van der Waals surface area contributed by atoms with Gasteiger partial charge in [-0.25, -0.2) is 15.0 Å². The van der Waals surface area contributed by atoms with Crippen LogP contribution < -0.4 is 9.47 Å². The average Bonchev–Trinajstić information content (AvgIpc) is 3.14. The van der Waals surface area contributed by atoms with Gasteiger partial charge < -0.3 is 14.5 Å². The maximum absolute atomic E-state index is 5.41. The number of methoxy groups -OCH3 is 2. The lowest BCUT2D eigenvalue weighted by atomic mass is 10.2. The summed E-state index contributed by atoms with van der Waals surface area (Å²) in [7, 11) is 3.23. The highest BCUT2D eigenvalue weighted by Crippen LogP contribution is 2.33. The molecule has 3 heterocycles. The number of aromatic amines is 1. The van der Waals surface area contributed by atoms with Crippen LogP contribution in [0.3, 0.4) is 0 Å². The molecule has 0 aliphatic carbocycles. The maximum atomic E-state index is 5.41. The second-order valence-corrected chi connectivity index (χ2v) is 5.62. The van der Waals surface area contributed by atoms with E-state index in [0.29, 0.717) is 17.3 Å². The number of aryl methyl sites for hydroxylation is 2. The number of imidazole rings is 1. The zero-order valence-corrected chi connectivity index (χ0v) is 13.9. The van der Waals surface area contributed by atoms with Crippen LogP contribution in [-0.2, 0) is 0 Å². The van der Waals surface area contributed by atoms with Crippen molar-refractivity contribution in [3.8, 4) is 17.3 Å². The Balaban J connectivity index is 2.03. The van der Waals surface area contributed by atoms with Crippen molar-refractivity contribution in [2.75, 3.05) is 14.2 Å². The van der Waals surface area contributed by atoms with Crippen molar-refractivity contribution in [2.45, 2.75) is 13.8 Å². The molecule has 122 valence electrons. The van der Waals surface area contributed by atoms with Crippen LogP contribution in [0.25, 0.3) is 27.9 Å². The van der Waals surface area contributed by atoms with Crippen molar-refractivity contribution in [1.82, 2.24) is 24.5 Å². The maximum Gasteiger partial charge on any atom is 0.163 e. The minimum atomic E-state index is 0.650. The first-order valence-electron chi connectivity index (χ1n) is 7.54. The molecule has 0 aliphatic rings. The fourth-order valence-electron chi connectivity index (χ4n) is 2.92. The molecule has 24 heavy (non-hydrogen) atoms. The molecule has 7 heteroatoms. The van der Waals surface area contributed by atoms with Crippen LogP contribution in [-0.4, -0.2) is 38.7 Å². The van der Waals surface area contributed by atoms with Gasteiger partial charge in [0.2, 0.25) is 0 Å². The summed E-state index contributed by atoms with van der Waals surface area (Å²) < 4.78 is 12.7. The summed E-state index contributed by atoms with van der Waals surface area (Å²) >= 11 is 0. The van der Waals surface area contributed by atoms with Gasteiger partial charge in [-0.3, -0.25) is 4.57 Å². The number of nitrogens with zero attached hydrogens (tertiary/aromatic N) is 4. The molecule has 1 aromatic carbocycles. The van der Waals surface area contributed by atoms with Crippen LogP contribution in [0, 0.1) is 13.8 Å². The minimum absolute atomic E-state index is 0.650. The monoisotopic (exact) mass is 323 g/mol. The zero-order valence-electron chi connectivity index (χ0n) is 13.9. The van der Waals surface area contributed by atoms with E-state index >= 15 is 0 Å². The molecule has 0 atom stereocenters. The van der Waals surface area contributed by atoms with Gasteiger partial charge in [-0.1, -0.05) is 0 Å². The number of hydrogen-bond donors (Lipinski definition) is 1. The Bertz CT molecular complexity index is 1060. The Kier molecular flexibility index (Phi) is 3.16. The number of fused-ring (bicyclic) bond motifs is 2. The number of benzene rings is 1. The molecule has 0 spiro atoms. The van der Waals surface area contributed by atoms with Gasteiger partial charge in [0.05, 0.1) is 30.6 Å². The predicted octanol–water partition coefficient (Wildman–Crippen LogP) is 2.93. The van der Waals surface area contributed by atoms with E-state index in [1.54, 1.807) is 20.5 Å². The number of H-pyrrole nitrogens is 1. The molecule has 0 aliphatic heterocycles. The molecule has 4 rings (SSSR count). The van der Waals surface area contributed by atoms with Gasteiger partial charge >= 0.3 is 0 Å². The molecule has 1 N–H and O–H groups in total. The van der Waals surface area contributed by atoms with Crippen LogP contribution in [0.2, 0.25) is 0 Å². The Hall–Kier alpha value is -3.09. The lowest BCUT2D eigenvalue weighted by Gasteiger charge is -2.09. The first kappa shape index (κ1) is 14.5. The summed E-state index contributed by atoms with van der Waals surface area (Å²) in [5.41, 5.74) is 3.56. The molecule has 7 nitrogen and oxygen atoms in total. The Morgan fingerprint density at radius 2 is 1.75 bits per heavy atom. The van der Waals surface area contributed by atoms with E-state index in [1.165, 1.54) is 0 Å². The highest BCUT2D eigenvalue weighted by atomic mass is 16.5. The van der Waals surface area contributed by atoms with Gasteiger partial charge in [0.1, 0.15) is 17.8 Å². The molecule has 3 aromatic heterocycles. The van der Waals surface area contributed by atoms with Crippen molar-refractivity contribution in [2.24, 2.45) is 0 Å². The lowest BCUT2D eigenvalue weighted by molar-refractivity contribution is 0.355. The molecule has 0 bridgehead atoms. The smallest absolute Gasteiger partial charge is 0.163 e. The van der Waals surface area contributed by atoms with Crippen LogP contribution in [0.15, 0.2) is 24.5 Å². The van der Waals surface area contributed by atoms with E-state index < -0.39 is 0 Å². The third-order valence-electron chi connectivity index (χ3n) is 3.99. The van der Waals surface area contributed by atoms with E-state index in [4.69, 9.17) is 9.47 Å². The second-order valence-electron chi connectivity index (χ2n) is 5.62. The SMILES string of the molecule is COc1cc2ncn(-c3nc(C)nc4[nH]c(C)cc34)c2cc1OC. The number of ether oxygens (including phenoxy) is 2. The topological polar surface area (TPSA) is 77.9 Å². The quantitative estimate of drug-likeness (QED) is 0.627. The van der Waals surface area contributed by atoms with Crippen LogP contribution in [0.4, 0.5) is 0 Å². The van der Waals surface area contributed by atoms with E-state index in [2.05, 4.69) is 19.9 Å². The summed E-state index contributed by atoms with van der Waals surface area (Å²) in [5, 5.41) is 0.951.